The van der Waals surface area contributed by atoms with Crippen molar-refractivity contribution in [3.8, 4) is 17.1 Å². The van der Waals surface area contributed by atoms with Crippen LogP contribution in [0, 0.1) is 5.92 Å². The fourth-order valence-corrected chi connectivity index (χ4v) is 5.54. The van der Waals surface area contributed by atoms with Crippen molar-refractivity contribution in [1.82, 2.24) is 30.1 Å². The number of benzene rings is 1. The maximum Gasteiger partial charge on any atom is 0.277 e. The molecule has 3 aromatic rings. The van der Waals surface area contributed by atoms with E-state index in [0.717, 1.165) is 81.4 Å². The summed E-state index contributed by atoms with van der Waals surface area (Å²) in [6, 6.07) is 6.04. The van der Waals surface area contributed by atoms with Crippen LogP contribution in [-0.4, -0.2) is 63.1 Å². The second kappa shape index (κ2) is 12.9. The van der Waals surface area contributed by atoms with Crippen LogP contribution < -0.4 is 15.8 Å². The number of piperidine rings is 1. The number of rotatable bonds is 10. The predicted octanol–water partition coefficient (Wildman–Crippen LogP) is 3.46. The number of fused-ring (bicyclic) bond motifs is 1. The number of amides is 1. The van der Waals surface area contributed by atoms with Crippen LogP contribution in [0.25, 0.3) is 22.4 Å². The van der Waals surface area contributed by atoms with Gasteiger partial charge in [-0.05, 0) is 69.8 Å². The largest absolute Gasteiger partial charge is 0.493 e. The van der Waals surface area contributed by atoms with Gasteiger partial charge in [0.25, 0.3) is 5.56 Å². The molecule has 2 aliphatic heterocycles. The lowest BCUT2D eigenvalue weighted by Crippen LogP contribution is -2.42. The number of nitrogens with zero attached hydrogens (tertiary/aromatic N) is 4. The molecule has 2 aromatic heterocycles. The number of ether oxygens (including phenoxy) is 2. The van der Waals surface area contributed by atoms with Gasteiger partial charge in [-0.2, -0.15) is 5.10 Å². The number of aryl methyl sites for hydroxylation is 2. The van der Waals surface area contributed by atoms with Crippen LogP contribution in [0.15, 0.2) is 23.0 Å². The summed E-state index contributed by atoms with van der Waals surface area (Å²) in [5, 5.41) is 4.54. The van der Waals surface area contributed by atoms with Crippen molar-refractivity contribution in [2.45, 2.75) is 71.6 Å². The molecule has 0 saturated carbocycles. The number of carbonyl (C=O) groups is 1. The van der Waals surface area contributed by atoms with E-state index in [-0.39, 0.29) is 23.7 Å². The lowest BCUT2D eigenvalue weighted by Gasteiger charge is -2.31. The van der Waals surface area contributed by atoms with Crippen molar-refractivity contribution < 1.29 is 19.1 Å². The Morgan fingerprint density at radius 2 is 2.02 bits per heavy atom. The fraction of sp³-hybridized carbons (Fsp3) is 0.586. The van der Waals surface area contributed by atoms with Crippen LogP contribution in [0.2, 0.25) is 0 Å². The van der Waals surface area contributed by atoms with Gasteiger partial charge < -0.3 is 14.5 Å². The number of likely N-dealkylation sites (tertiary alicyclic amines) is 1. The van der Waals surface area contributed by atoms with E-state index in [1.54, 1.807) is 11.7 Å². The summed E-state index contributed by atoms with van der Waals surface area (Å²) < 4.78 is 13.1. The van der Waals surface area contributed by atoms with Crippen LogP contribution in [0.5, 0.6) is 5.75 Å². The summed E-state index contributed by atoms with van der Waals surface area (Å²) >= 11 is 0. The third kappa shape index (κ3) is 6.37. The molecule has 216 valence electrons. The normalized spacial score (nSPS) is 18.7. The van der Waals surface area contributed by atoms with Gasteiger partial charge in [0.1, 0.15) is 17.1 Å². The smallest absolute Gasteiger partial charge is 0.277 e. The molecule has 2 saturated heterocycles. The molecule has 0 bridgehead atoms. The van der Waals surface area contributed by atoms with Crippen molar-refractivity contribution in [3.63, 3.8) is 0 Å². The standard InChI is InChI=1S/C29H40N6O5/c1-4-8-22-25-26(34(3)32-22)29(37)31-27(30-25)21-17-19(10-11-23(21)38-5-2)18-35-14-12-20(13-15-35)28(36)33-40-24-9-6-7-16-39-24/h10-11,17,20,24H,4-9,12-16,18H2,1-3H3,(H,33,36)(H,30,31,37). The van der Waals surface area contributed by atoms with E-state index in [4.69, 9.17) is 19.3 Å². The first kappa shape index (κ1) is 28.3. The number of hydrogen-bond donors (Lipinski definition) is 2. The highest BCUT2D eigenvalue weighted by Gasteiger charge is 2.27. The minimum absolute atomic E-state index is 0.0690. The second-order valence-corrected chi connectivity index (χ2v) is 10.6. The Hall–Kier alpha value is -3.28. The number of carbonyl (C=O) groups excluding carboxylic acids is 1. The molecule has 5 rings (SSSR count). The molecule has 1 atom stereocenters. The highest BCUT2D eigenvalue weighted by Crippen LogP contribution is 2.31. The number of hydrogen-bond acceptors (Lipinski definition) is 8. The molecule has 1 aromatic carbocycles. The molecule has 1 unspecified atom stereocenters. The summed E-state index contributed by atoms with van der Waals surface area (Å²) in [5.41, 5.74) is 6.18. The molecule has 2 N–H and O–H groups in total. The first-order chi connectivity index (χ1) is 19.5. The molecule has 11 heteroatoms. The minimum Gasteiger partial charge on any atom is -0.493 e. The third-order valence-corrected chi connectivity index (χ3v) is 7.64. The molecule has 0 aliphatic carbocycles. The van der Waals surface area contributed by atoms with Gasteiger partial charge in [0, 0.05) is 32.5 Å². The topological polar surface area (TPSA) is 124 Å². The summed E-state index contributed by atoms with van der Waals surface area (Å²) in [6.45, 7) is 7.52. The molecule has 0 radical (unpaired) electrons. The molecular weight excluding hydrogens is 512 g/mol. The number of H-pyrrole nitrogens is 1. The van der Waals surface area contributed by atoms with Gasteiger partial charge in [-0.3, -0.25) is 19.2 Å². The third-order valence-electron chi connectivity index (χ3n) is 7.64. The van der Waals surface area contributed by atoms with E-state index in [9.17, 15) is 9.59 Å². The van der Waals surface area contributed by atoms with Crippen molar-refractivity contribution in [2.24, 2.45) is 13.0 Å². The quantitative estimate of drug-likeness (QED) is 0.367. The van der Waals surface area contributed by atoms with Crippen LogP contribution >= 0.6 is 0 Å². The van der Waals surface area contributed by atoms with E-state index in [1.807, 2.05) is 19.1 Å². The van der Waals surface area contributed by atoms with E-state index in [0.29, 0.717) is 35.8 Å². The van der Waals surface area contributed by atoms with Gasteiger partial charge in [-0.15, -0.1) is 0 Å². The lowest BCUT2D eigenvalue weighted by atomic mass is 9.95. The Morgan fingerprint density at radius 3 is 2.75 bits per heavy atom. The first-order valence-corrected chi connectivity index (χ1v) is 14.5. The number of hydroxylamine groups is 1. The van der Waals surface area contributed by atoms with E-state index in [2.05, 4.69) is 33.5 Å². The fourth-order valence-electron chi connectivity index (χ4n) is 5.54. The average molecular weight is 553 g/mol. The number of nitrogens with one attached hydrogen (secondary N) is 2. The highest BCUT2D eigenvalue weighted by molar-refractivity contribution is 5.80. The number of aromatic nitrogens is 4. The van der Waals surface area contributed by atoms with Gasteiger partial charge in [0.05, 0.1) is 17.9 Å². The summed E-state index contributed by atoms with van der Waals surface area (Å²) in [5.74, 6) is 1.01. The van der Waals surface area contributed by atoms with Crippen molar-refractivity contribution >= 4 is 16.9 Å². The first-order valence-electron chi connectivity index (χ1n) is 14.5. The SMILES string of the molecule is CCCc1nn(C)c2c(=O)[nH]c(-c3cc(CN4CCC(C(=O)NOC5CCCCO5)CC4)ccc3OCC)nc12. The monoisotopic (exact) mass is 552 g/mol. The zero-order chi connectivity index (χ0) is 28.1. The highest BCUT2D eigenvalue weighted by atomic mass is 16.8. The Morgan fingerprint density at radius 1 is 1.20 bits per heavy atom. The molecule has 1 amide bonds. The van der Waals surface area contributed by atoms with E-state index < -0.39 is 0 Å². The molecule has 40 heavy (non-hydrogen) atoms. The van der Waals surface area contributed by atoms with Crippen molar-refractivity contribution in [3.05, 3.63) is 39.8 Å². The average Bonchev–Trinajstić information content (AvgIpc) is 3.29. The van der Waals surface area contributed by atoms with Crippen LogP contribution in [0.4, 0.5) is 0 Å². The molecule has 2 aliphatic rings. The minimum atomic E-state index is -0.340. The zero-order valence-corrected chi connectivity index (χ0v) is 23.7. The Kier molecular flexibility index (Phi) is 9.13. The summed E-state index contributed by atoms with van der Waals surface area (Å²) in [6.07, 6.45) is 5.74. The van der Waals surface area contributed by atoms with Crippen LogP contribution in [-0.2, 0) is 34.4 Å². The Balaban J connectivity index is 1.28. The molecule has 11 nitrogen and oxygen atoms in total. The van der Waals surface area contributed by atoms with Crippen LogP contribution in [0.1, 0.15) is 63.6 Å². The predicted molar refractivity (Wildman–Crippen MR) is 151 cm³/mol. The maximum atomic E-state index is 13.1. The van der Waals surface area contributed by atoms with Crippen molar-refractivity contribution in [2.75, 3.05) is 26.3 Å². The number of aromatic amines is 1. The van der Waals surface area contributed by atoms with Gasteiger partial charge in [-0.1, -0.05) is 19.4 Å². The Labute approximate surface area is 234 Å². The molecule has 4 heterocycles. The lowest BCUT2D eigenvalue weighted by molar-refractivity contribution is -0.202. The van der Waals surface area contributed by atoms with Crippen LogP contribution in [0.3, 0.4) is 0 Å². The van der Waals surface area contributed by atoms with Gasteiger partial charge in [0.2, 0.25) is 5.91 Å². The molecule has 2 fully saturated rings. The van der Waals surface area contributed by atoms with Gasteiger partial charge in [0.15, 0.2) is 11.8 Å². The summed E-state index contributed by atoms with van der Waals surface area (Å²) in [7, 11) is 1.77. The van der Waals surface area contributed by atoms with Gasteiger partial charge >= 0.3 is 0 Å². The molecule has 0 spiro atoms. The van der Waals surface area contributed by atoms with E-state index in [1.165, 1.54) is 0 Å². The molecular formula is C29H40N6O5. The van der Waals surface area contributed by atoms with Crippen molar-refractivity contribution in [1.29, 1.82) is 0 Å². The van der Waals surface area contributed by atoms with E-state index >= 15 is 0 Å². The second-order valence-electron chi connectivity index (χ2n) is 10.6. The van der Waals surface area contributed by atoms with Gasteiger partial charge in [-0.25, -0.2) is 15.3 Å². The summed E-state index contributed by atoms with van der Waals surface area (Å²) in [4.78, 5) is 41.3. The maximum absolute atomic E-state index is 13.1. The Bertz CT molecular complexity index is 1370. The zero-order valence-electron chi connectivity index (χ0n) is 23.7.